The van der Waals surface area contributed by atoms with E-state index in [-0.39, 0.29) is 24.3 Å². The van der Waals surface area contributed by atoms with Crippen molar-refractivity contribution in [2.45, 2.75) is 19.8 Å². The van der Waals surface area contributed by atoms with Gasteiger partial charge in [0.15, 0.2) is 6.61 Å². The number of halogens is 1. The average molecular weight is 361 g/mol. The molecule has 0 fully saturated rings. The first-order valence-corrected chi connectivity index (χ1v) is 8.32. The van der Waals surface area contributed by atoms with E-state index in [2.05, 4.69) is 5.32 Å². The van der Waals surface area contributed by atoms with Gasteiger partial charge >= 0.3 is 0 Å². The predicted molar refractivity (Wildman–Crippen MR) is 98.8 cm³/mol. The maximum atomic E-state index is 12.7. The SMILES string of the molecule is CC(C)C(C(=O)Nc1ccc(OCC(N)=O)cc1)c1ccc(Cl)cc1. The van der Waals surface area contributed by atoms with Gasteiger partial charge in [-0.1, -0.05) is 37.6 Å². The summed E-state index contributed by atoms with van der Waals surface area (Å²) in [6.45, 7) is 3.82. The first-order valence-electron chi connectivity index (χ1n) is 7.94. The second-order valence-corrected chi connectivity index (χ2v) is 6.48. The maximum Gasteiger partial charge on any atom is 0.255 e. The lowest BCUT2D eigenvalue weighted by Gasteiger charge is -2.21. The highest BCUT2D eigenvalue weighted by atomic mass is 35.5. The summed E-state index contributed by atoms with van der Waals surface area (Å²) in [4.78, 5) is 23.4. The minimum absolute atomic E-state index is 0.0943. The molecule has 132 valence electrons. The van der Waals surface area contributed by atoms with Crippen molar-refractivity contribution < 1.29 is 14.3 Å². The largest absolute Gasteiger partial charge is 0.484 e. The van der Waals surface area contributed by atoms with Crippen LogP contribution in [0.1, 0.15) is 25.3 Å². The summed E-state index contributed by atoms with van der Waals surface area (Å²) >= 11 is 5.92. The number of carbonyl (C=O) groups is 2. The van der Waals surface area contributed by atoms with Crippen molar-refractivity contribution in [2.75, 3.05) is 11.9 Å². The van der Waals surface area contributed by atoms with E-state index >= 15 is 0 Å². The van der Waals surface area contributed by atoms with Crippen LogP contribution in [0.2, 0.25) is 5.02 Å². The second-order valence-electron chi connectivity index (χ2n) is 6.04. The summed E-state index contributed by atoms with van der Waals surface area (Å²) in [5.41, 5.74) is 6.60. The molecule has 0 aliphatic rings. The average Bonchev–Trinajstić information content (AvgIpc) is 2.56. The zero-order valence-electron chi connectivity index (χ0n) is 14.2. The van der Waals surface area contributed by atoms with E-state index in [0.717, 1.165) is 5.56 Å². The van der Waals surface area contributed by atoms with Crippen LogP contribution in [-0.2, 0) is 9.59 Å². The normalized spacial score (nSPS) is 11.8. The highest BCUT2D eigenvalue weighted by Crippen LogP contribution is 2.27. The molecule has 6 heteroatoms. The smallest absolute Gasteiger partial charge is 0.255 e. The van der Waals surface area contributed by atoms with E-state index in [9.17, 15) is 9.59 Å². The van der Waals surface area contributed by atoms with Crippen LogP contribution < -0.4 is 15.8 Å². The van der Waals surface area contributed by atoms with Crippen molar-refractivity contribution in [3.63, 3.8) is 0 Å². The number of carbonyl (C=O) groups excluding carboxylic acids is 2. The molecule has 0 saturated carbocycles. The van der Waals surface area contributed by atoms with Crippen molar-refractivity contribution in [2.24, 2.45) is 11.7 Å². The van der Waals surface area contributed by atoms with E-state index in [0.29, 0.717) is 16.5 Å². The summed E-state index contributed by atoms with van der Waals surface area (Å²) in [5.74, 6) is -0.291. The van der Waals surface area contributed by atoms with Crippen LogP contribution in [0, 0.1) is 5.92 Å². The van der Waals surface area contributed by atoms with Crippen molar-refractivity contribution >= 4 is 29.1 Å². The molecular weight excluding hydrogens is 340 g/mol. The molecule has 0 aliphatic heterocycles. The molecule has 0 saturated heterocycles. The fourth-order valence-corrected chi connectivity index (χ4v) is 2.64. The Balaban J connectivity index is 2.07. The minimum Gasteiger partial charge on any atom is -0.484 e. The second kappa shape index (κ2) is 8.53. The van der Waals surface area contributed by atoms with Crippen LogP contribution in [0.3, 0.4) is 0 Å². The number of hydrogen-bond donors (Lipinski definition) is 2. The highest BCUT2D eigenvalue weighted by Gasteiger charge is 2.24. The van der Waals surface area contributed by atoms with Gasteiger partial charge in [0.05, 0.1) is 5.92 Å². The Morgan fingerprint density at radius 1 is 1.08 bits per heavy atom. The Labute approximate surface area is 152 Å². The van der Waals surface area contributed by atoms with Crippen LogP contribution in [0.4, 0.5) is 5.69 Å². The molecule has 0 spiro atoms. The van der Waals surface area contributed by atoms with Crippen molar-refractivity contribution in [1.82, 2.24) is 0 Å². The Kier molecular flexibility index (Phi) is 6.42. The molecule has 2 aromatic rings. The standard InChI is InChI=1S/C19H21ClN2O3/c1-12(2)18(13-3-5-14(20)6-4-13)19(24)22-15-7-9-16(10-8-15)25-11-17(21)23/h3-10,12,18H,11H2,1-2H3,(H2,21,23)(H,22,24). The van der Waals surface area contributed by atoms with Gasteiger partial charge in [-0.25, -0.2) is 0 Å². The van der Waals surface area contributed by atoms with Gasteiger partial charge < -0.3 is 15.8 Å². The number of rotatable bonds is 7. The zero-order chi connectivity index (χ0) is 18.4. The van der Waals surface area contributed by atoms with Crippen LogP contribution in [-0.4, -0.2) is 18.4 Å². The Morgan fingerprint density at radius 3 is 2.20 bits per heavy atom. The van der Waals surface area contributed by atoms with E-state index in [1.807, 2.05) is 26.0 Å². The van der Waals surface area contributed by atoms with Crippen LogP contribution >= 0.6 is 11.6 Å². The highest BCUT2D eigenvalue weighted by molar-refractivity contribution is 6.30. The van der Waals surface area contributed by atoms with Crippen molar-refractivity contribution in [3.05, 3.63) is 59.1 Å². The lowest BCUT2D eigenvalue weighted by atomic mass is 9.87. The fourth-order valence-electron chi connectivity index (χ4n) is 2.52. The first-order chi connectivity index (χ1) is 11.9. The molecule has 5 nitrogen and oxygen atoms in total. The van der Waals surface area contributed by atoms with Crippen LogP contribution in [0.25, 0.3) is 0 Å². The van der Waals surface area contributed by atoms with E-state index in [1.165, 1.54) is 0 Å². The van der Waals surface area contributed by atoms with Crippen LogP contribution in [0.15, 0.2) is 48.5 Å². The summed E-state index contributed by atoms with van der Waals surface area (Å²) in [7, 11) is 0. The summed E-state index contributed by atoms with van der Waals surface area (Å²) in [5, 5.41) is 3.55. The topological polar surface area (TPSA) is 81.4 Å². The van der Waals surface area contributed by atoms with Crippen molar-refractivity contribution in [1.29, 1.82) is 0 Å². The Bertz CT molecular complexity index is 727. The van der Waals surface area contributed by atoms with Crippen molar-refractivity contribution in [3.8, 4) is 5.75 Å². The van der Waals surface area contributed by atoms with E-state index < -0.39 is 5.91 Å². The van der Waals surface area contributed by atoms with E-state index in [4.69, 9.17) is 22.1 Å². The molecule has 1 unspecified atom stereocenters. The molecule has 2 rings (SSSR count). The quantitative estimate of drug-likeness (QED) is 0.791. The summed E-state index contributed by atoms with van der Waals surface area (Å²) in [6.07, 6.45) is 0. The molecule has 1 atom stereocenters. The number of hydrogen-bond acceptors (Lipinski definition) is 3. The molecular formula is C19H21ClN2O3. The minimum atomic E-state index is -0.542. The summed E-state index contributed by atoms with van der Waals surface area (Å²) < 4.78 is 5.19. The summed E-state index contributed by atoms with van der Waals surface area (Å²) in [6, 6.07) is 14.1. The fraction of sp³-hybridized carbons (Fsp3) is 0.263. The molecule has 0 radical (unpaired) electrons. The van der Waals surface area contributed by atoms with Gasteiger partial charge in [-0.15, -0.1) is 0 Å². The van der Waals surface area contributed by atoms with Gasteiger partial charge in [0.2, 0.25) is 5.91 Å². The third-order valence-corrected chi connectivity index (χ3v) is 3.93. The molecule has 0 bridgehead atoms. The number of nitrogens with one attached hydrogen (secondary N) is 1. The van der Waals surface area contributed by atoms with E-state index in [1.54, 1.807) is 36.4 Å². The Hall–Kier alpha value is -2.53. The van der Waals surface area contributed by atoms with Gasteiger partial charge in [0.1, 0.15) is 5.75 Å². The van der Waals surface area contributed by atoms with Gasteiger partial charge in [0, 0.05) is 10.7 Å². The molecule has 3 N–H and O–H groups in total. The van der Waals surface area contributed by atoms with Crippen LogP contribution in [0.5, 0.6) is 5.75 Å². The number of primary amides is 1. The molecule has 0 aliphatic carbocycles. The number of anilines is 1. The first kappa shape index (κ1) is 18.8. The lowest BCUT2D eigenvalue weighted by molar-refractivity contribution is -0.120. The third-order valence-electron chi connectivity index (χ3n) is 3.68. The molecule has 25 heavy (non-hydrogen) atoms. The number of benzene rings is 2. The monoisotopic (exact) mass is 360 g/mol. The lowest BCUT2D eigenvalue weighted by Crippen LogP contribution is -2.25. The third kappa shape index (κ3) is 5.50. The maximum absolute atomic E-state index is 12.7. The number of ether oxygens (including phenoxy) is 1. The molecule has 0 aromatic heterocycles. The molecule has 0 heterocycles. The zero-order valence-corrected chi connectivity index (χ0v) is 14.9. The van der Waals surface area contributed by atoms with Gasteiger partial charge in [0.25, 0.3) is 5.91 Å². The Morgan fingerprint density at radius 2 is 1.68 bits per heavy atom. The number of nitrogens with two attached hydrogens (primary N) is 1. The van der Waals surface area contributed by atoms with Gasteiger partial charge in [-0.05, 0) is 47.9 Å². The van der Waals surface area contributed by atoms with Gasteiger partial charge in [-0.3, -0.25) is 9.59 Å². The number of amides is 2. The molecule has 2 aromatic carbocycles. The molecule has 2 amide bonds. The predicted octanol–water partition coefficient (Wildman–Crippen LogP) is 3.58. The van der Waals surface area contributed by atoms with Gasteiger partial charge in [-0.2, -0.15) is 0 Å².